The van der Waals surface area contributed by atoms with Crippen molar-refractivity contribution in [3.63, 3.8) is 0 Å². The lowest BCUT2D eigenvalue weighted by Crippen LogP contribution is -2.33. The molecule has 5 nitrogen and oxygen atoms in total. The largest absolute Gasteiger partial charge is 0.475 e. The molecular weight excluding hydrogens is 240 g/mol. The standard InChI is InChI=1S/C14H24N4O/c1-11(2)19-13-7-10-16-14(17-13)18(3)12-5-4-8-15-9-6-12/h7,10-12,15H,4-6,8-9H2,1-3H3. The Morgan fingerprint density at radius 1 is 1.37 bits per heavy atom. The maximum Gasteiger partial charge on any atom is 0.228 e. The lowest BCUT2D eigenvalue weighted by atomic mass is 10.1. The zero-order valence-corrected chi connectivity index (χ0v) is 12.1. The average molecular weight is 264 g/mol. The first kappa shape index (κ1) is 14.1. The summed E-state index contributed by atoms with van der Waals surface area (Å²) in [5.41, 5.74) is 0. The molecule has 0 saturated carbocycles. The Morgan fingerprint density at radius 2 is 2.21 bits per heavy atom. The topological polar surface area (TPSA) is 50.3 Å². The van der Waals surface area contributed by atoms with Gasteiger partial charge >= 0.3 is 0 Å². The van der Waals surface area contributed by atoms with Crippen LogP contribution in [0.4, 0.5) is 5.95 Å². The van der Waals surface area contributed by atoms with Crippen LogP contribution in [0.2, 0.25) is 0 Å². The molecule has 2 rings (SSSR count). The second kappa shape index (κ2) is 6.70. The minimum absolute atomic E-state index is 0.134. The fourth-order valence-corrected chi connectivity index (χ4v) is 2.36. The molecule has 2 heterocycles. The SMILES string of the molecule is CC(C)Oc1ccnc(N(C)C2CCCNCC2)n1. The van der Waals surface area contributed by atoms with Crippen LogP contribution in [-0.4, -0.2) is 42.3 Å². The van der Waals surface area contributed by atoms with Gasteiger partial charge in [0.05, 0.1) is 6.10 Å². The number of ether oxygens (including phenoxy) is 1. The Hall–Kier alpha value is -1.36. The summed E-state index contributed by atoms with van der Waals surface area (Å²) in [5.74, 6) is 1.41. The molecule has 1 aromatic heterocycles. The minimum Gasteiger partial charge on any atom is -0.475 e. The van der Waals surface area contributed by atoms with Crippen LogP contribution in [-0.2, 0) is 0 Å². The summed E-state index contributed by atoms with van der Waals surface area (Å²) < 4.78 is 5.63. The summed E-state index contributed by atoms with van der Waals surface area (Å²) in [4.78, 5) is 11.0. The van der Waals surface area contributed by atoms with Gasteiger partial charge in [-0.15, -0.1) is 0 Å². The maximum absolute atomic E-state index is 5.63. The number of nitrogens with one attached hydrogen (secondary N) is 1. The van der Waals surface area contributed by atoms with E-state index in [1.54, 1.807) is 6.20 Å². The van der Waals surface area contributed by atoms with E-state index in [0.717, 1.165) is 25.5 Å². The van der Waals surface area contributed by atoms with E-state index >= 15 is 0 Å². The Bertz CT molecular complexity index is 389. The number of rotatable bonds is 4. The van der Waals surface area contributed by atoms with Crippen LogP contribution in [0.15, 0.2) is 12.3 Å². The van der Waals surface area contributed by atoms with Gasteiger partial charge in [0, 0.05) is 25.4 Å². The van der Waals surface area contributed by atoms with Gasteiger partial charge in [0.1, 0.15) is 0 Å². The van der Waals surface area contributed by atoms with Gasteiger partial charge in [-0.2, -0.15) is 4.98 Å². The molecule has 19 heavy (non-hydrogen) atoms. The highest BCUT2D eigenvalue weighted by atomic mass is 16.5. The van der Waals surface area contributed by atoms with Crippen molar-refractivity contribution in [2.75, 3.05) is 25.0 Å². The van der Waals surface area contributed by atoms with E-state index in [0.29, 0.717) is 11.9 Å². The normalized spacial score (nSPS) is 20.1. The fraction of sp³-hybridized carbons (Fsp3) is 0.714. The Labute approximate surface area is 115 Å². The lowest BCUT2D eigenvalue weighted by molar-refractivity contribution is 0.232. The van der Waals surface area contributed by atoms with Crippen molar-refractivity contribution in [1.82, 2.24) is 15.3 Å². The van der Waals surface area contributed by atoms with Gasteiger partial charge in [-0.3, -0.25) is 0 Å². The maximum atomic E-state index is 5.63. The van der Waals surface area contributed by atoms with E-state index in [1.165, 1.54) is 12.8 Å². The number of hydrogen-bond donors (Lipinski definition) is 1. The highest BCUT2D eigenvalue weighted by Crippen LogP contribution is 2.19. The van der Waals surface area contributed by atoms with Crippen molar-refractivity contribution in [2.45, 2.75) is 45.3 Å². The van der Waals surface area contributed by atoms with Gasteiger partial charge in [0.25, 0.3) is 0 Å². The molecule has 0 amide bonds. The summed E-state index contributed by atoms with van der Waals surface area (Å²) in [6.07, 6.45) is 5.43. The van der Waals surface area contributed by atoms with E-state index in [2.05, 4.69) is 27.2 Å². The van der Waals surface area contributed by atoms with Gasteiger partial charge in [0.15, 0.2) is 0 Å². The first-order valence-corrected chi connectivity index (χ1v) is 7.10. The van der Waals surface area contributed by atoms with Gasteiger partial charge in [-0.05, 0) is 46.2 Å². The number of anilines is 1. The predicted octanol–water partition coefficient (Wildman–Crippen LogP) is 1.84. The molecule has 0 aromatic carbocycles. The van der Waals surface area contributed by atoms with E-state index in [4.69, 9.17) is 4.74 Å². The average Bonchev–Trinajstić information content (AvgIpc) is 2.66. The van der Waals surface area contributed by atoms with Crippen molar-refractivity contribution in [1.29, 1.82) is 0 Å². The van der Waals surface area contributed by atoms with Gasteiger partial charge in [0.2, 0.25) is 11.8 Å². The minimum atomic E-state index is 0.134. The second-order valence-electron chi connectivity index (χ2n) is 5.31. The molecule has 106 valence electrons. The van der Waals surface area contributed by atoms with Crippen molar-refractivity contribution in [3.8, 4) is 5.88 Å². The second-order valence-corrected chi connectivity index (χ2v) is 5.31. The molecule has 1 atom stereocenters. The smallest absolute Gasteiger partial charge is 0.228 e. The fourth-order valence-electron chi connectivity index (χ4n) is 2.36. The molecule has 1 unspecified atom stereocenters. The monoisotopic (exact) mass is 264 g/mol. The van der Waals surface area contributed by atoms with Crippen LogP contribution in [0.3, 0.4) is 0 Å². The number of aromatic nitrogens is 2. The van der Waals surface area contributed by atoms with Crippen LogP contribution < -0.4 is 15.0 Å². The molecule has 1 aromatic rings. The van der Waals surface area contributed by atoms with Crippen molar-refractivity contribution in [2.24, 2.45) is 0 Å². The molecule has 1 fully saturated rings. The summed E-state index contributed by atoms with van der Waals surface area (Å²) in [5, 5.41) is 3.43. The Kier molecular flexibility index (Phi) is 4.96. The highest BCUT2D eigenvalue weighted by Gasteiger charge is 2.19. The molecule has 0 aliphatic carbocycles. The summed E-state index contributed by atoms with van der Waals surface area (Å²) in [6, 6.07) is 2.32. The highest BCUT2D eigenvalue weighted by molar-refractivity contribution is 5.32. The lowest BCUT2D eigenvalue weighted by Gasteiger charge is -2.27. The van der Waals surface area contributed by atoms with Crippen LogP contribution in [0.5, 0.6) is 5.88 Å². The Balaban J connectivity index is 2.06. The molecule has 0 radical (unpaired) electrons. The van der Waals surface area contributed by atoms with E-state index < -0.39 is 0 Å². The van der Waals surface area contributed by atoms with Crippen LogP contribution in [0.1, 0.15) is 33.1 Å². The van der Waals surface area contributed by atoms with Gasteiger partial charge in [-0.25, -0.2) is 4.98 Å². The van der Waals surface area contributed by atoms with E-state index in [1.807, 2.05) is 19.9 Å². The third-order valence-electron chi connectivity index (χ3n) is 3.38. The molecule has 1 aliphatic heterocycles. The Morgan fingerprint density at radius 3 is 3.00 bits per heavy atom. The zero-order chi connectivity index (χ0) is 13.7. The summed E-state index contributed by atoms with van der Waals surface area (Å²) >= 11 is 0. The molecule has 0 bridgehead atoms. The first-order chi connectivity index (χ1) is 9.16. The quantitative estimate of drug-likeness (QED) is 0.899. The molecule has 0 spiro atoms. The zero-order valence-electron chi connectivity index (χ0n) is 12.1. The van der Waals surface area contributed by atoms with Gasteiger partial charge < -0.3 is 15.0 Å². The number of hydrogen-bond acceptors (Lipinski definition) is 5. The summed E-state index contributed by atoms with van der Waals surface area (Å²) in [7, 11) is 2.07. The predicted molar refractivity (Wildman–Crippen MR) is 76.7 cm³/mol. The van der Waals surface area contributed by atoms with Crippen molar-refractivity contribution in [3.05, 3.63) is 12.3 Å². The molecule has 1 aliphatic rings. The number of nitrogens with zero attached hydrogens (tertiary/aromatic N) is 3. The first-order valence-electron chi connectivity index (χ1n) is 7.10. The van der Waals surface area contributed by atoms with Crippen molar-refractivity contribution < 1.29 is 4.74 Å². The third-order valence-corrected chi connectivity index (χ3v) is 3.38. The molecule has 1 N–H and O–H groups in total. The summed E-state index contributed by atoms with van der Waals surface area (Å²) in [6.45, 7) is 6.18. The molecule has 5 heteroatoms. The molecule has 1 saturated heterocycles. The van der Waals surface area contributed by atoms with Crippen molar-refractivity contribution >= 4 is 5.95 Å². The van der Waals surface area contributed by atoms with E-state index in [-0.39, 0.29) is 6.10 Å². The van der Waals surface area contributed by atoms with Crippen LogP contribution in [0, 0.1) is 0 Å². The van der Waals surface area contributed by atoms with Gasteiger partial charge in [-0.1, -0.05) is 0 Å². The van der Waals surface area contributed by atoms with E-state index in [9.17, 15) is 0 Å². The third kappa shape index (κ3) is 4.06. The van der Waals surface area contributed by atoms with Crippen LogP contribution >= 0.6 is 0 Å². The molecular formula is C14H24N4O. The van der Waals surface area contributed by atoms with Crippen LogP contribution in [0.25, 0.3) is 0 Å².